The SMILES string of the molecule is CCC(C)N(CCOC)C1CCCC1=O. The summed E-state index contributed by atoms with van der Waals surface area (Å²) in [6.07, 6.45) is 3.95. The zero-order valence-corrected chi connectivity index (χ0v) is 10.2. The monoisotopic (exact) mass is 213 g/mol. The Kier molecular flexibility index (Phi) is 5.26. The Morgan fingerprint density at radius 1 is 1.60 bits per heavy atom. The van der Waals surface area contributed by atoms with Crippen LogP contribution in [-0.4, -0.2) is 43.0 Å². The van der Waals surface area contributed by atoms with E-state index in [4.69, 9.17) is 4.74 Å². The highest BCUT2D eigenvalue weighted by atomic mass is 16.5. The van der Waals surface area contributed by atoms with Crippen LogP contribution in [0.3, 0.4) is 0 Å². The van der Waals surface area contributed by atoms with E-state index >= 15 is 0 Å². The molecule has 0 amide bonds. The van der Waals surface area contributed by atoms with Crippen LogP contribution >= 0.6 is 0 Å². The maximum absolute atomic E-state index is 11.7. The van der Waals surface area contributed by atoms with Gasteiger partial charge in [0.05, 0.1) is 12.6 Å². The van der Waals surface area contributed by atoms with Crippen LogP contribution in [0.25, 0.3) is 0 Å². The minimum absolute atomic E-state index is 0.162. The minimum atomic E-state index is 0.162. The summed E-state index contributed by atoms with van der Waals surface area (Å²) in [7, 11) is 1.71. The van der Waals surface area contributed by atoms with E-state index in [2.05, 4.69) is 18.7 Å². The van der Waals surface area contributed by atoms with Gasteiger partial charge in [-0.3, -0.25) is 9.69 Å². The number of carbonyl (C=O) groups is 1. The lowest BCUT2D eigenvalue weighted by Gasteiger charge is -2.32. The standard InChI is InChI=1S/C12H23NO2/c1-4-10(2)13(8-9-15-3)11-6-5-7-12(11)14/h10-11H,4-9H2,1-3H3. The first-order chi connectivity index (χ1) is 7.20. The normalized spacial score (nSPS) is 23.7. The first-order valence-corrected chi connectivity index (χ1v) is 5.98. The predicted molar refractivity (Wildman–Crippen MR) is 61.0 cm³/mol. The van der Waals surface area contributed by atoms with E-state index in [-0.39, 0.29) is 6.04 Å². The molecule has 1 aliphatic carbocycles. The average molecular weight is 213 g/mol. The third-order valence-electron chi connectivity index (χ3n) is 3.38. The van der Waals surface area contributed by atoms with E-state index in [1.807, 2.05) is 0 Å². The molecule has 0 aromatic heterocycles. The van der Waals surface area contributed by atoms with Gasteiger partial charge in [-0.2, -0.15) is 0 Å². The largest absolute Gasteiger partial charge is 0.383 e. The van der Waals surface area contributed by atoms with Crippen molar-refractivity contribution in [3.63, 3.8) is 0 Å². The van der Waals surface area contributed by atoms with E-state index in [9.17, 15) is 4.79 Å². The summed E-state index contributed by atoms with van der Waals surface area (Å²) in [5, 5.41) is 0. The number of Topliss-reactive ketones (excluding diaryl/α,β-unsaturated/α-hetero) is 1. The van der Waals surface area contributed by atoms with Crippen LogP contribution in [0.2, 0.25) is 0 Å². The van der Waals surface area contributed by atoms with Gasteiger partial charge in [0.15, 0.2) is 0 Å². The van der Waals surface area contributed by atoms with Gasteiger partial charge in [-0.05, 0) is 26.2 Å². The predicted octanol–water partition coefficient (Wildman–Crippen LogP) is 1.85. The van der Waals surface area contributed by atoms with Gasteiger partial charge in [0, 0.05) is 26.1 Å². The van der Waals surface area contributed by atoms with Crippen molar-refractivity contribution in [2.24, 2.45) is 0 Å². The van der Waals surface area contributed by atoms with Crippen molar-refractivity contribution in [3.8, 4) is 0 Å². The molecule has 3 heteroatoms. The number of methoxy groups -OCH3 is 1. The van der Waals surface area contributed by atoms with Crippen molar-refractivity contribution in [2.45, 2.75) is 51.6 Å². The van der Waals surface area contributed by atoms with Crippen molar-refractivity contribution in [1.29, 1.82) is 0 Å². The molecule has 3 nitrogen and oxygen atoms in total. The molecular weight excluding hydrogens is 190 g/mol. The molecule has 0 aromatic carbocycles. The molecule has 1 fully saturated rings. The molecule has 0 N–H and O–H groups in total. The van der Waals surface area contributed by atoms with E-state index in [0.29, 0.717) is 18.4 Å². The summed E-state index contributed by atoms with van der Waals surface area (Å²) in [5.74, 6) is 0.423. The molecule has 1 saturated carbocycles. The molecule has 88 valence electrons. The van der Waals surface area contributed by atoms with Crippen molar-refractivity contribution < 1.29 is 9.53 Å². The molecule has 0 saturated heterocycles. The Morgan fingerprint density at radius 2 is 2.33 bits per heavy atom. The second-order valence-corrected chi connectivity index (χ2v) is 4.36. The molecule has 0 bridgehead atoms. The lowest BCUT2D eigenvalue weighted by molar-refractivity contribution is -0.122. The van der Waals surface area contributed by atoms with Gasteiger partial charge in [-0.25, -0.2) is 0 Å². The molecule has 2 unspecified atom stereocenters. The van der Waals surface area contributed by atoms with Crippen molar-refractivity contribution in [3.05, 3.63) is 0 Å². The van der Waals surface area contributed by atoms with E-state index in [1.165, 1.54) is 0 Å². The zero-order chi connectivity index (χ0) is 11.3. The molecule has 0 aliphatic heterocycles. The maximum atomic E-state index is 11.7. The van der Waals surface area contributed by atoms with Crippen LogP contribution in [-0.2, 0) is 9.53 Å². The maximum Gasteiger partial charge on any atom is 0.149 e. The second kappa shape index (κ2) is 6.23. The molecular formula is C12H23NO2. The lowest BCUT2D eigenvalue weighted by atomic mass is 10.1. The van der Waals surface area contributed by atoms with Gasteiger partial charge in [-0.15, -0.1) is 0 Å². The highest BCUT2D eigenvalue weighted by Gasteiger charge is 2.31. The average Bonchev–Trinajstić information content (AvgIpc) is 2.65. The van der Waals surface area contributed by atoms with Crippen LogP contribution in [0, 0.1) is 0 Å². The van der Waals surface area contributed by atoms with E-state index in [0.717, 1.165) is 32.2 Å². The highest BCUT2D eigenvalue weighted by Crippen LogP contribution is 2.22. The first-order valence-electron chi connectivity index (χ1n) is 5.98. The molecule has 2 atom stereocenters. The number of rotatable bonds is 6. The van der Waals surface area contributed by atoms with E-state index < -0.39 is 0 Å². The van der Waals surface area contributed by atoms with Gasteiger partial charge >= 0.3 is 0 Å². The summed E-state index contributed by atoms with van der Waals surface area (Å²) in [4.78, 5) is 14.0. The summed E-state index contributed by atoms with van der Waals surface area (Å²) in [5.41, 5.74) is 0. The molecule has 0 spiro atoms. The van der Waals surface area contributed by atoms with Gasteiger partial charge in [0.2, 0.25) is 0 Å². The van der Waals surface area contributed by atoms with Crippen molar-refractivity contribution in [2.75, 3.05) is 20.3 Å². The molecule has 15 heavy (non-hydrogen) atoms. The fourth-order valence-electron chi connectivity index (χ4n) is 2.26. The topological polar surface area (TPSA) is 29.5 Å². The number of hydrogen-bond donors (Lipinski definition) is 0. The smallest absolute Gasteiger partial charge is 0.149 e. The highest BCUT2D eigenvalue weighted by molar-refractivity contribution is 5.85. The summed E-state index contributed by atoms with van der Waals surface area (Å²) in [6.45, 7) is 5.96. The van der Waals surface area contributed by atoms with Crippen molar-refractivity contribution in [1.82, 2.24) is 4.90 Å². The third kappa shape index (κ3) is 3.28. The molecule has 1 aliphatic rings. The summed E-state index contributed by atoms with van der Waals surface area (Å²) >= 11 is 0. The fourth-order valence-corrected chi connectivity index (χ4v) is 2.26. The number of ether oxygens (including phenoxy) is 1. The summed E-state index contributed by atoms with van der Waals surface area (Å²) in [6, 6.07) is 0.641. The van der Waals surface area contributed by atoms with E-state index in [1.54, 1.807) is 7.11 Å². The third-order valence-corrected chi connectivity index (χ3v) is 3.38. The van der Waals surface area contributed by atoms with Crippen molar-refractivity contribution >= 4 is 5.78 Å². The minimum Gasteiger partial charge on any atom is -0.383 e. The Labute approximate surface area is 92.8 Å². The Balaban J connectivity index is 2.57. The van der Waals surface area contributed by atoms with Gasteiger partial charge in [0.25, 0.3) is 0 Å². The Bertz CT molecular complexity index is 206. The molecule has 1 rings (SSSR count). The van der Waals surface area contributed by atoms with Gasteiger partial charge in [0.1, 0.15) is 5.78 Å². The van der Waals surface area contributed by atoms with Gasteiger partial charge < -0.3 is 4.74 Å². The number of carbonyl (C=O) groups excluding carboxylic acids is 1. The second-order valence-electron chi connectivity index (χ2n) is 4.36. The first kappa shape index (κ1) is 12.7. The zero-order valence-electron chi connectivity index (χ0n) is 10.2. The van der Waals surface area contributed by atoms with Crippen LogP contribution in [0.4, 0.5) is 0 Å². The van der Waals surface area contributed by atoms with Crippen LogP contribution < -0.4 is 0 Å². The molecule has 0 heterocycles. The Hall–Kier alpha value is -0.410. The van der Waals surface area contributed by atoms with Crippen LogP contribution in [0.1, 0.15) is 39.5 Å². The van der Waals surface area contributed by atoms with Gasteiger partial charge in [-0.1, -0.05) is 6.92 Å². The lowest BCUT2D eigenvalue weighted by Crippen LogP contribution is -2.45. The fraction of sp³-hybridized carbons (Fsp3) is 0.917. The number of nitrogens with zero attached hydrogens (tertiary/aromatic N) is 1. The molecule has 0 radical (unpaired) electrons. The Morgan fingerprint density at radius 3 is 2.80 bits per heavy atom. The quantitative estimate of drug-likeness (QED) is 0.674. The van der Waals surface area contributed by atoms with Crippen LogP contribution in [0.15, 0.2) is 0 Å². The number of ketones is 1. The molecule has 0 aromatic rings. The number of hydrogen-bond acceptors (Lipinski definition) is 3. The van der Waals surface area contributed by atoms with Crippen LogP contribution in [0.5, 0.6) is 0 Å². The summed E-state index contributed by atoms with van der Waals surface area (Å²) < 4.78 is 5.11.